The number of allylic oxidation sites excluding steroid dienone is 2. The van der Waals surface area contributed by atoms with E-state index in [1.165, 1.54) is 0 Å². The Bertz CT molecular complexity index is 921. The Balaban J connectivity index is 1.79. The zero-order chi connectivity index (χ0) is 21.5. The molecule has 1 aromatic rings. The van der Waals surface area contributed by atoms with Crippen LogP contribution in [0.25, 0.3) is 0 Å². The molecule has 4 rings (SSSR count). The Labute approximate surface area is 178 Å². The molecule has 30 heavy (non-hydrogen) atoms. The van der Waals surface area contributed by atoms with Gasteiger partial charge in [0.05, 0.1) is 7.11 Å². The first kappa shape index (κ1) is 20.8. The number of Topliss-reactive ketones (excluding diaryl/α,β-unsaturated/α-hetero) is 1. The predicted molar refractivity (Wildman–Crippen MR) is 116 cm³/mol. The fraction of sp³-hybridized carbons (Fsp3) is 0.560. The number of esters is 1. The first-order valence-electron chi connectivity index (χ1n) is 10.9. The molecule has 160 valence electrons. The Morgan fingerprint density at radius 1 is 1.17 bits per heavy atom. The van der Waals surface area contributed by atoms with Crippen LogP contribution >= 0.6 is 0 Å². The first-order chi connectivity index (χ1) is 14.3. The van der Waals surface area contributed by atoms with E-state index in [9.17, 15) is 9.59 Å². The quantitative estimate of drug-likeness (QED) is 0.657. The molecule has 1 saturated carbocycles. The van der Waals surface area contributed by atoms with Crippen molar-refractivity contribution in [2.45, 2.75) is 71.3 Å². The van der Waals surface area contributed by atoms with Gasteiger partial charge in [-0.15, -0.1) is 0 Å². The van der Waals surface area contributed by atoms with Crippen LogP contribution in [0.1, 0.15) is 70.8 Å². The van der Waals surface area contributed by atoms with E-state index in [0.29, 0.717) is 17.7 Å². The van der Waals surface area contributed by atoms with Crippen molar-refractivity contribution in [3.05, 3.63) is 41.1 Å². The van der Waals surface area contributed by atoms with E-state index in [-0.39, 0.29) is 29.2 Å². The lowest BCUT2D eigenvalue weighted by Gasteiger charge is -2.39. The van der Waals surface area contributed by atoms with Crippen molar-refractivity contribution in [2.24, 2.45) is 16.3 Å². The predicted octanol–water partition coefficient (Wildman–Crippen LogP) is 5.00. The van der Waals surface area contributed by atoms with Gasteiger partial charge >= 0.3 is 5.97 Å². The summed E-state index contributed by atoms with van der Waals surface area (Å²) in [4.78, 5) is 31.4. The number of hydrogen-bond donors (Lipinski definition) is 0. The second-order valence-corrected chi connectivity index (χ2v) is 9.63. The van der Waals surface area contributed by atoms with E-state index in [4.69, 9.17) is 14.5 Å². The first-order valence-corrected chi connectivity index (χ1v) is 10.9. The van der Waals surface area contributed by atoms with Gasteiger partial charge in [0.25, 0.3) is 0 Å². The van der Waals surface area contributed by atoms with Gasteiger partial charge in [-0.1, -0.05) is 26.0 Å². The fourth-order valence-electron chi connectivity index (χ4n) is 5.19. The molecule has 1 aliphatic heterocycles. The summed E-state index contributed by atoms with van der Waals surface area (Å²) < 4.78 is 11.3. The summed E-state index contributed by atoms with van der Waals surface area (Å²) in [6, 6.07) is 7.68. The molecule has 1 unspecified atom stereocenters. The molecule has 0 amide bonds. The van der Waals surface area contributed by atoms with Gasteiger partial charge in [-0.05, 0) is 62.1 Å². The number of ether oxygens (including phenoxy) is 2. The number of methoxy groups -OCH3 is 1. The van der Waals surface area contributed by atoms with E-state index in [2.05, 4.69) is 13.8 Å². The van der Waals surface area contributed by atoms with Crippen LogP contribution in [0.4, 0.5) is 0 Å². The van der Waals surface area contributed by atoms with Crippen molar-refractivity contribution in [1.82, 2.24) is 0 Å². The number of aliphatic imine (C=N–C) groups is 1. The maximum absolute atomic E-state index is 13.3. The molecule has 0 radical (unpaired) electrons. The third kappa shape index (κ3) is 3.94. The lowest BCUT2D eigenvalue weighted by atomic mass is 9.67. The van der Waals surface area contributed by atoms with Gasteiger partial charge in [-0.25, -0.2) is 0 Å². The minimum Gasteiger partial charge on any atom is -0.497 e. The minimum absolute atomic E-state index is 0.0207. The van der Waals surface area contributed by atoms with E-state index < -0.39 is 5.92 Å². The van der Waals surface area contributed by atoms with Crippen molar-refractivity contribution in [1.29, 1.82) is 0 Å². The summed E-state index contributed by atoms with van der Waals surface area (Å²) in [5.41, 5.74) is 3.01. The van der Waals surface area contributed by atoms with Crippen LogP contribution in [0, 0.1) is 11.3 Å². The number of ketones is 1. The lowest BCUT2D eigenvalue weighted by molar-refractivity contribution is -0.151. The minimum atomic E-state index is -0.582. The Morgan fingerprint density at radius 3 is 2.60 bits per heavy atom. The summed E-state index contributed by atoms with van der Waals surface area (Å²) in [7, 11) is 1.62. The molecule has 0 N–H and O–H groups in total. The molecule has 0 saturated heterocycles. The number of rotatable bonds is 4. The molecule has 0 spiro atoms. The van der Waals surface area contributed by atoms with Crippen LogP contribution in [-0.2, 0) is 14.3 Å². The van der Waals surface area contributed by atoms with Gasteiger partial charge in [-0.3, -0.25) is 14.6 Å². The van der Waals surface area contributed by atoms with Crippen molar-refractivity contribution < 1.29 is 19.1 Å². The molecule has 5 heteroatoms. The third-order valence-electron chi connectivity index (χ3n) is 6.59. The highest BCUT2D eigenvalue weighted by atomic mass is 16.5. The van der Waals surface area contributed by atoms with Gasteiger partial charge in [0.2, 0.25) is 0 Å². The molecule has 2 aliphatic carbocycles. The summed E-state index contributed by atoms with van der Waals surface area (Å²) in [5, 5.41) is 0. The molecule has 0 bridgehead atoms. The maximum Gasteiger partial charge on any atom is 0.315 e. The van der Waals surface area contributed by atoms with Crippen molar-refractivity contribution in [3.63, 3.8) is 0 Å². The summed E-state index contributed by atoms with van der Waals surface area (Å²) in [6.07, 6.45) is 5.20. The second-order valence-electron chi connectivity index (χ2n) is 9.63. The normalized spacial score (nSPS) is 26.3. The van der Waals surface area contributed by atoms with Crippen molar-refractivity contribution in [3.8, 4) is 5.75 Å². The molecule has 1 aromatic carbocycles. The van der Waals surface area contributed by atoms with Crippen LogP contribution in [-0.4, -0.2) is 30.7 Å². The van der Waals surface area contributed by atoms with Gasteiger partial charge in [0.15, 0.2) is 5.78 Å². The maximum atomic E-state index is 13.3. The van der Waals surface area contributed by atoms with E-state index in [0.717, 1.165) is 49.1 Å². The summed E-state index contributed by atoms with van der Waals surface area (Å²) >= 11 is 0. The van der Waals surface area contributed by atoms with Crippen LogP contribution in [0.5, 0.6) is 5.75 Å². The average Bonchev–Trinajstić information content (AvgIpc) is 3.18. The summed E-state index contributed by atoms with van der Waals surface area (Å²) in [5.74, 6) is -0.433. The fourth-order valence-corrected chi connectivity index (χ4v) is 5.19. The molecular weight excluding hydrogens is 378 g/mol. The smallest absolute Gasteiger partial charge is 0.315 e. The zero-order valence-electron chi connectivity index (χ0n) is 18.4. The molecular formula is C25H31NO4. The van der Waals surface area contributed by atoms with Gasteiger partial charge in [0.1, 0.15) is 17.8 Å². The molecule has 3 aliphatic rings. The topological polar surface area (TPSA) is 65.0 Å². The Morgan fingerprint density at radius 2 is 1.90 bits per heavy atom. The highest BCUT2D eigenvalue weighted by Crippen LogP contribution is 2.48. The van der Waals surface area contributed by atoms with E-state index in [1.54, 1.807) is 7.11 Å². The van der Waals surface area contributed by atoms with Gasteiger partial charge in [-0.2, -0.15) is 0 Å². The monoisotopic (exact) mass is 409 g/mol. The highest BCUT2D eigenvalue weighted by molar-refractivity contribution is 6.09. The molecule has 2 atom stereocenters. The highest BCUT2D eigenvalue weighted by Gasteiger charge is 2.46. The van der Waals surface area contributed by atoms with Crippen LogP contribution in [0.3, 0.4) is 0 Å². The molecule has 1 fully saturated rings. The number of nitrogens with zero attached hydrogens (tertiary/aromatic N) is 1. The zero-order valence-corrected chi connectivity index (χ0v) is 18.4. The lowest BCUT2D eigenvalue weighted by Crippen LogP contribution is -2.40. The summed E-state index contributed by atoms with van der Waals surface area (Å²) in [6.45, 7) is 6.09. The Kier molecular flexibility index (Phi) is 5.56. The van der Waals surface area contributed by atoms with Gasteiger partial charge < -0.3 is 9.47 Å². The van der Waals surface area contributed by atoms with Gasteiger partial charge in [0, 0.05) is 29.3 Å². The molecule has 0 aromatic heterocycles. The molecule has 1 heterocycles. The number of benzene rings is 1. The largest absolute Gasteiger partial charge is 0.497 e. The second kappa shape index (κ2) is 8.01. The number of carbonyl (C=O) groups is 2. The van der Waals surface area contributed by atoms with Crippen LogP contribution in [0.15, 0.2) is 40.5 Å². The van der Waals surface area contributed by atoms with E-state index >= 15 is 0 Å². The number of hydrogen-bond acceptors (Lipinski definition) is 5. The van der Waals surface area contributed by atoms with E-state index in [1.807, 2.05) is 31.2 Å². The SMILES string of the molecule is COc1cccc([C@@H]2C3=C(CC(C)(C)CC3=O)N=C(C)C2C(=O)OC2CCCC2)c1. The standard InChI is InChI=1S/C25H31NO4/c1-15-21(24(28)30-17-9-5-6-10-17)22(16-8-7-11-18(12-16)29-4)23-19(26-15)13-25(2,3)14-20(23)27/h7-8,11-12,17,21-22H,5-6,9-10,13-14H2,1-4H3/t21?,22-/m0/s1. The average molecular weight is 410 g/mol. The van der Waals surface area contributed by atoms with Crippen LogP contribution < -0.4 is 4.74 Å². The van der Waals surface area contributed by atoms with Crippen LogP contribution in [0.2, 0.25) is 0 Å². The Hall–Kier alpha value is -2.43. The van der Waals surface area contributed by atoms with Crippen molar-refractivity contribution in [2.75, 3.05) is 7.11 Å². The molecule has 5 nitrogen and oxygen atoms in total. The third-order valence-corrected chi connectivity index (χ3v) is 6.59. The number of carbonyl (C=O) groups excluding carboxylic acids is 2. The van der Waals surface area contributed by atoms with Crippen molar-refractivity contribution >= 4 is 17.5 Å².